The van der Waals surface area contributed by atoms with Crippen LogP contribution in [0.3, 0.4) is 0 Å². The smallest absolute Gasteiger partial charge is 0.119 e. The summed E-state index contributed by atoms with van der Waals surface area (Å²) in [5.74, 6) is 0.906. The average Bonchev–Trinajstić information content (AvgIpc) is 2.87. The zero-order valence-corrected chi connectivity index (χ0v) is 14.3. The summed E-state index contributed by atoms with van der Waals surface area (Å²) in [4.78, 5) is 0. The number of hydrogen-bond donors (Lipinski definition) is 1. The fourth-order valence-electron chi connectivity index (χ4n) is 2.32. The fourth-order valence-corrected chi connectivity index (χ4v) is 2.87. The summed E-state index contributed by atoms with van der Waals surface area (Å²) in [5.41, 5.74) is 1.17. The number of hydrogen-bond acceptors (Lipinski definition) is 3. The van der Waals surface area contributed by atoms with Crippen LogP contribution < -0.4 is 10.1 Å². The summed E-state index contributed by atoms with van der Waals surface area (Å²) in [6.07, 6.45) is 2.74. The lowest BCUT2D eigenvalue weighted by molar-refractivity contribution is 0.284. The summed E-state index contributed by atoms with van der Waals surface area (Å²) in [6, 6.07) is 10.4. The molecule has 0 fully saturated rings. The number of para-hydroxylation sites is 1. The Balaban J connectivity index is 2.02. The molecule has 0 aliphatic carbocycles. The molecule has 1 atom stereocenters. The van der Waals surface area contributed by atoms with Crippen molar-refractivity contribution in [3.8, 4) is 5.75 Å². The van der Waals surface area contributed by atoms with Crippen LogP contribution in [0.5, 0.6) is 5.75 Å². The molecule has 2 aromatic rings. The molecule has 114 valence electrons. The average molecular weight is 352 g/mol. The summed E-state index contributed by atoms with van der Waals surface area (Å²) in [5, 5.41) is 7.80. The minimum Gasteiger partial charge on any atom is -0.494 e. The standard InChI is InChI=1S/C16H22BrN3O/c1-12(2)20-16(14(17)11-19-20)15(18-3)9-10-21-13-7-5-4-6-8-13/h4-8,11-12,15,18H,9-10H2,1-3H3. The van der Waals surface area contributed by atoms with Crippen LogP contribution in [-0.2, 0) is 0 Å². The van der Waals surface area contributed by atoms with Crippen molar-refractivity contribution in [2.45, 2.75) is 32.4 Å². The lowest BCUT2D eigenvalue weighted by Crippen LogP contribution is -2.23. The van der Waals surface area contributed by atoms with Crippen LogP contribution in [0.25, 0.3) is 0 Å². The Bertz CT molecular complexity index is 554. The number of benzene rings is 1. The van der Waals surface area contributed by atoms with Crippen molar-refractivity contribution in [2.75, 3.05) is 13.7 Å². The number of halogens is 1. The van der Waals surface area contributed by atoms with Crippen LogP contribution in [0, 0.1) is 0 Å². The third kappa shape index (κ3) is 4.08. The number of nitrogens with one attached hydrogen (secondary N) is 1. The normalized spacial score (nSPS) is 12.6. The zero-order chi connectivity index (χ0) is 15.2. The van der Waals surface area contributed by atoms with E-state index < -0.39 is 0 Å². The fraction of sp³-hybridized carbons (Fsp3) is 0.438. The second-order valence-electron chi connectivity index (χ2n) is 5.21. The van der Waals surface area contributed by atoms with Crippen molar-refractivity contribution >= 4 is 15.9 Å². The minimum atomic E-state index is 0.202. The summed E-state index contributed by atoms with van der Waals surface area (Å²) >= 11 is 3.60. The van der Waals surface area contributed by atoms with E-state index in [2.05, 4.69) is 40.2 Å². The Labute approximate surface area is 134 Å². The van der Waals surface area contributed by atoms with E-state index >= 15 is 0 Å². The Hall–Kier alpha value is -1.33. The van der Waals surface area contributed by atoms with Crippen LogP contribution in [0.4, 0.5) is 0 Å². The third-order valence-electron chi connectivity index (χ3n) is 3.37. The van der Waals surface area contributed by atoms with Crippen molar-refractivity contribution in [1.82, 2.24) is 15.1 Å². The van der Waals surface area contributed by atoms with Crippen LogP contribution in [0.1, 0.15) is 38.0 Å². The van der Waals surface area contributed by atoms with Crippen LogP contribution >= 0.6 is 15.9 Å². The van der Waals surface area contributed by atoms with Crippen molar-refractivity contribution < 1.29 is 4.74 Å². The molecule has 5 heteroatoms. The maximum Gasteiger partial charge on any atom is 0.119 e. The van der Waals surface area contributed by atoms with Gasteiger partial charge < -0.3 is 10.1 Å². The molecule has 1 aromatic heterocycles. The Kier molecular flexibility index (Phi) is 5.82. The molecule has 0 saturated heterocycles. The first-order valence-electron chi connectivity index (χ1n) is 7.21. The lowest BCUT2D eigenvalue weighted by atomic mass is 10.1. The summed E-state index contributed by atoms with van der Waals surface area (Å²) in [6.45, 7) is 4.93. The monoisotopic (exact) mass is 351 g/mol. The molecule has 0 aliphatic heterocycles. The quantitative estimate of drug-likeness (QED) is 0.820. The molecule has 1 N–H and O–H groups in total. The molecule has 0 bridgehead atoms. The Morgan fingerprint density at radius 1 is 1.29 bits per heavy atom. The van der Waals surface area contributed by atoms with Gasteiger partial charge in [-0.1, -0.05) is 18.2 Å². The molecule has 21 heavy (non-hydrogen) atoms. The molecule has 0 aliphatic rings. The van der Waals surface area contributed by atoms with Gasteiger partial charge >= 0.3 is 0 Å². The maximum atomic E-state index is 5.79. The molecule has 0 spiro atoms. The van der Waals surface area contributed by atoms with E-state index in [-0.39, 0.29) is 6.04 Å². The molecule has 1 aromatic carbocycles. The van der Waals surface area contributed by atoms with E-state index in [1.165, 1.54) is 5.69 Å². The molecule has 0 radical (unpaired) electrons. The van der Waals surface area contributed by atoms with E-state index in [1.807, 2.05) is 48.3 Å². The highest BCUT2D eigenvalue weighted by Crippen LogP contribution is 2.27. The number of aromatic nitrogens is 2. The van der Waals surface area contributed by atoms with E-state index in [0.717, 1.165) is 16.6 Å². The molecule has 2 rings (SSSR count). The van der Waals surface area contributed by atoms with Gasteiger partial charge in [0.25, 0.3) is 0 Å². The van der Waals surface area contributed by atoms with Gasteiger partial charge in [0.05, 0.1) is 29.0 Å². The highest BCUT2D eigenvalue weighted by Gasteiger charge is 2.20. The second kappa shape index (κ2) is 7.61. The Morgan fingerprint density at radius 3 is 2.62 bits per heavy atom. The van der Waals surface area contributed by atoms with Gasteiger partial charge in [-0.15, -0.1) is 0 Å². The van der Waals surface area contributed by atoms with Gasteiger partial charge in [-0.2, -0.15) is 5.10 Å². The van der Waals surface area contributed by atoms with Crippen molar-refractivity contribution in [3.63, 3.8) is 0 Å². The maximum absolute atomic E-state index is 5.79. The van der Waals surface area contributed by atoms with E-state index in [1.54, 1.807) is 0 Å². The predicted molar refractivity (Wildman–Crippen MR) is 88.7 cm³/mol. The number of rotatable bonds is 7. The molecular formula is C16H22BrN3O. The van der Waals surface area contributed by atoms with Gasteiger partial charge in [0.1, 0.15) is 5.75 Å². The molecular weight excluding hydrogens is 330 g/mol. The van der Waals surface area contributed by atoms with Crippen LogP contribution in [0.15, 0.2) is 41.0 Å². The number of ether oxygens (including phenoxy) is 1. The van der Waals surface area contributed by atoms with Crippen molar-refractivity contribution in [3.05, 3.63) is 46.7 Å². The molecule has 0 saturated carbocycles. The first-order valence-corrected chi connectivity index (χ1v) is 8.00. The van der Waals surface area contributed by atoms with Crippen molar-refractivity contribution in [1.29, 1.82) is 0 Å². The second-order valence-corrected chi connectivity index (χ2v) is 6.06. The van der Waals surface area contributed by atoms with Crippen molar-refractivity contribution in [2.24, 2.45) is 0 Å². The number of nitrogens with zero attached hydrogens (tertiary/aromatic N) is 2. The molecule has 1 heterocycles. The largest absolute Gasteiger partial charge is 0.494 e. The Morgan fingerprint density at radius 2 is 2.00 bits per heavy atom. The third-order valence-corrected chi connectivity index (χ3v) is 3.98. The molecule has 1 unspecified atom stereocenters. The van der Waals surface area contributed by atoms with E-state index in [0.29, 0.717) is 12.6 Å². The highest BCUT2D eigenvalue weighted by molar-refractivity contribution is 9.10. The van der Waals surface area contributed by atoms with Gasteiger partial charge in [-0.25, -0.2) is 0 Å². The predicted octanol–water partition coefficient (Wildman–Crippen LogP) is 3.96. The molecule has 0 amide bonds. The van der Waals surface area contributed by atoms with E-state index in [9.17, 15) is 0 Å². The van der Waals surface area contributed by atoms with Gasteiger partial charge in [-0.05, 0) is 49.0 Å². The first-order chi connectivity index (χ1) is 10.1. The van der Waals surface area contributed by atoms with Crippen LogP contribution in [0.2, 0.25) is 0 Å². The summed E-state index contributed by atoms with van der Waals surface area (Å²) in [7, 11) is 1.97. The first kappa shape index (κ1) is 16.0. The van der Waals surface area contributed by atoms with Crippen LogP contribution in [-0.4, -0.2) is 23.4 Å². The molecule has 4 nitrogen and oxygen atoms in total. The van der Waals surface area contributed by atoms with Gasteiger partial charge in [0.2, 0.25) is 0 Å². The minimum absolute atomic E-state index is 0.202. The zero-order valence-electron chi connectivity index (χ0n) is 12.7. The van der Waals surface area contributed by atoms with Gasteiger partial charge in [0, 0.05) is 12.5 Å². The van der Waals surface area contributed by atoms with Gasteiger partial charge in [0.15, 0.2) is 0 Å². The SMILES string of the molecule is CNC(CCOc1ccccc1)c1c(Br)cnn1C(C)C. The lowest BCUT2D eigenvalue weighted by Gasteiger charge is -2.20. The highest BCUT2D eigenvalue weighted by atomic mass is 79.9. The van der Waals surface area contributed by atoms with E-state index in [4.69, 9.17) is 4.74 Å². The van der Waals surface area contributed by atoms with Gasteiger partial charge in [-0.3, -0.25) is 4.68 Å². The summed E-state index contributed by atoms with van der Waals surface area (Å²) < 4.78 is 8.88. The topological polar surface area (TPSA) is 39.1 Å².